The first kappa shape index (κ1) is 15.4. The highest BCUT2D eigenvalue weighted by Gasteiger charge is 2.39. The fourth-order valence-electron chi connectivity index (χ4n) is 2.25. The zero-order chi connectivity index (χ0) is 16.2. The lowest BCUT2D eigenvalue weighted by Crippen LogP contribution is -2.12. The molecule has 0 unspecified atom stereocenters. The van der Waals surface area contributed by atoms with E-state index in [0.717, 1.165) is 4.68 Å². The molecule has 0 aliphatic rings. The van der Waals surface area contributed by atoms with E-state index in [-0.39, 0.29) is 10.2 Å². The predicted molar refractivity (Wildman–Crippen MR) is 78.7 cm³/mol. The third kappa shape index (κ3) is 2.30. The highest BCUT2D eigenvalue weighted by molar-refractivity contribution is 9.10. The van der Waals surface area contributed by atoms with E-state index < -0.39 is 11.9 Å². The summed E-state index contributed by atoms with van der Waals surface area (Å²) in [5.41, 5.74) is 0.327. The minimum Gasteiger partial charge on any atom is -0.440 e. The van der Waals surface area contributed by atoms with Gasteiger partial charge in [0.15, 0.2) is 17.2 Å². The van der Waals surface area contributed by atoms with Crippen molar-refractivity contribution in [1.82, 2.24) is 14.8 Å². The summed E-state index contributed by atoms with van der Waals surface area (Å²) in [4.78, 5) is 4.14. The molecule has 0 N–H and O–H groups in total. The van der Waals surface area contributed by atoms with Crippen LogP contribution >= 0.6 is 27.5 Å². The fourth-order valence-corrected chi connectivity index (χ4v) is 3.21. The number of rotatable bonds is 1. The molecule has 4 nitrogen and oxygen atoms in total. The number of aromatic nitrogens is 3. The van der Waals surface area contributed by atoms with Crippen LogP contribution in [0.15, 0.2) is 21.0 Å². The lowest BCUT2D eigenvalue weighted by Gasteiger charge is -2.06. The molecule has 3 aromatic rings. The van der Waals surface area contributed by atoms with Gasteiger partial charge in [-0.25, -0.2) is 4.98 Å². The van der Waals surface area contributed by atoms with Crippen molar-refractivity contribution in [3.05, 3.63) is 33.2 Å². The third-order valence-corrected chi connectivity index (χ3v) is 4.17. The Bertz CT molecular complexity index is 885. The molecule has 22 heavy (non-hydrogen) atoms. The van der Waals surface area contributed by atoms with Crippen molar-refractivity contribution in [2.75, 3.05) is 0 Å². The molecule has 0 saturated heterocycles. The molecule has 2 aromatic heterocycles. The average molecular weight is 395 g/mol. The monoisotopic (exact) mass is 393 g/mol. The number of hydrogen-bond donors (Lipinski definition) is 0. The molecule has 0 saturated carbocycles. The predicted octanol–water partition coefficient (Wildman–Crippen LogP) is 4.97. The van der Waals surface area contributed by atoms with E-state index in [4.69, 9.17) is 16.0 Å². The molecule has 1 aromatic carbocycles. The van der Waals surface area contributed by atoms with E-state index in [1.54, 1.807) is 19.1 Å². The number of halogens is 5. The molecule has 0 aliphatic carbocycles. The molecule has 0 fully saturated rings. The van der Waals surface area contributed by atoms with Gasteiger partial charge in [-0.15, -0.1) is 0 Å². The Morgan fingerprint density at radius 2 is 2.00 bits per heavy atom. The topological polar surface area (TPSA) is 43.9 Å². The van der Waals surface area contributed by atoms with Crippen molar-refractivity contribution in [2.24, 2.45) is 7.05 Å². The summed E-state index contributed by atoms with van der Waals surface area (Å²) >= 11 is 9.03. The van der Waals surface area contributed by atoms with Gasteiger partial charge in [0.1, 0.15) is 11.2 Å². The third-order valence-electron chi connectivity index (χ3n) is 3.11. The molecule has 3 rings (SSSR count). The van der Waals surface area contributed by atoms with Gasteiger partial charge in [-0.05, 0) is 28.1 Å². The van der Waals surface area contributed by atoms with E-state index in [0.29, 0.717) is 27.6 Å². The second-order valence-corrected chi connectivity index (χ2v) is 5.84. The molecule has 2 heterocycles. The summed E-state index contributed by atoms with van der Waals surface area (Å²) in [7, 11) is 1.23. The summed E-state index contributed by atoms with van der Waals surface area (Å²) in [6.45, 7) is 1.63. The zero-order valence-electron chi connectivity index (χ0n) is 11.3. The van der Waals surface area contributed by atoms with Gasteiger partial charge in [0.2, 0.25) is 0 Å². The maximum Gasteiger partial charge on any atom is 0.434 e. The van der Waals surface area contributed by atoms with Gasteiger partial charge in [0, 0.05) is 19.5 Å². The van der Waals surface area contributed by atoms with Crippen LogP contribution in [0.5, 0.6) is 0 Å². The summed E-state index contributed by atoms with van der Waals surface area (Å²) in [6, 6.07) is 3.11. The molecule has 0 bridgehead atoms. The van der Waals surface area contributed by atoms with E-state index in [2.05, 4.69) is 26.0 Å². The minimum absolute atomic E-state index is 0.118. The lowest BCUT2D eigenvalue weighted by atomic mass is 10.1. The Hall–Kier alpha value is -1.54. The van der Waals surface area contributed by atoms with Crippen LogP contribution in [-0.4, -0.2) is 14.8 Å². The summed E-state index contributed by atoms with van der Waals surface area (Å²) in [5, 5.41) is 4.31. The van der Waals surface area contributed by atoms with Gasteiger partial charge < -0.3 is 4.42 Å². The molecule has 0 radical (unpaired) electrons. The number of aryl methyl sites for hydroxylation is 2. The zero-order valence-corrected chi connectivity index (χ0v) is 13.6. The van der Waals surface area contributed by atoms with E-state index in [1.807, 2.05) is 0 Å². The minimum atomic E-state index is -4.53. The van der Waals surface area contributed by atoms with Gasteiger partial charge >= 0.3 is 6.18 Å². The van der Waals surface area contributed by atoms with Gasteiger partial charge in [0.25, 0.3) is 0 Å². The molecular weight excluding hydrogens is 387 g/mol. The highest BCUT2D eigenvalue weighted by Crippen LogP contribution is 2.42. The van der Waals surface area contributed by atoms with Gasteiger partial charge in [-0.2, -0.15) is 18.3 Å². The van der Waals surface area contributed by atoms with Crippen LogP contribution < -0.4 is 0 Å². The number of nitrogens with zero attached hydrogens (tertiary/aromatic N) is 3. The van der Waals surface area contributed by atoms with Crippen molar-refractivity contribution in [3.8, 4) is 11.3 Å². The number of alkyl halides is 3. The van der Waals surface area contributed by atoms with Crippen molar-refractivity contribution >= 4 is 38.6 Å². The molecule has 0 spiro atoms. The molecule has 0 atom stereocenters. The summed E-state index contributed by atoms with van der Waals surface area (Å²) in [5.74, 6) is 0.368. The van der Waals surface area contributed by atoms with Crippen molar-refractivity contribution in [3.63, 3.8) is 0 Å². The lowest BCUT2D eigenvalue weighted by molar-refractivity contribution is -0.144. The average Bonchev–Trinajstić information content (AvgIpc) is 2.90. The van der Waals surface area contributed by atoms with Crippen molar-refractivity contribution < 1.29 is 17.6 Å². The Balaban J connectivity index is 2.32. The number of oxazole rings is 1. The highest BCUT2D eigenvalue weighted by atomic mass is 79.9. The van der Waals surface area contributed by atoms with Crippen LogP contribution in [0.3, 0.4) is 0 Å². The number of hydrogen-bond acceptors (Lipinski definition) is 3. The molecule has 116 valence electrons. The van der Waals surface area contributed by atoms with Crippen LogP contribution in [0.25, 0.3) is 22.4 Å². The second kappa shape index (κ2) is 4.99. The number of fused-ring (bicyclic) bond motifs is 1. The van der Waals surface area contributed by atoms with Gasteiger partial charge in [0.05, 0.1) is 9.50 Å². The second-order valence-electron chi connectivity index (χ2n) is 4.64. The Morgan fingerprint density at radius 1 is 1.32 bits per heavy atom. The van der Waals surface area contributed by atoms with Crippen LogP contribution in [0.2, 0.25) is 5.02 Å². The Morgan fingerprint density at radius 3 is 2.59 bits per heavy atom. The maximum absolute atomic E-state index is 13.1. The van der Waals surface area contributed by atoms with Crippen LogP contribution in [0.1, 0.15) is 11.6 Å². The summed E-state index contributed by atoms with van der Waals surface area (Å²) < 4.78 is 45.3. The largest absolute Gasteiger partial charge is 0.440 e. The van der Waals surface area contributed by atoms with Gasteiger partial charge in [-0.3, -0.25) is 4.68 Å². The first-order valence-corrected chi connectivity index (χ1v) is 7.23. The quantitative estimate of drug-likeness (QED) is 0.585. The molecule has 9 heteroatoms. The smallest absolute Gasteiger partial charge is 0.434 e. The van der Waals surface area contributed by atoms with E-state index in [9.17, 15) is 13.2 Å². The fraction of sp³-hybridized carbons (Fsp3) is 0.231. The first-order valence-electron chi connectivity index (χ1n) is 6.06. The van der Waals surface area contributed by atoms with Crippen LogP contribution in [0.4, 0.5) is 13.2 Å². The van der Waals surface area contributed by atoms with E-state index in [1.165, 1.54) is 7.05 Å². The number of benzene rings is 1. The van der Waals surface area contributed by atoms with Gasteiger partial charge in [-0.1, -0.05) is 11.6 Å². The molecule has 0 amide bonds. The maximum atomic E-state index is 13.1. The first-order chi connectivity index (χ1) is 10.2. The Labute approximate surface area is 136 Å². The van der Waals surface area contributed by atoms with Crippen molar-refractivity contribution in [1.29, 1.82) is 0 Å². The normalized spacial score (nSPS) is 12.3. The molecular formula is C13H8BrClF3N3O. The SMILES string of the molecule is Cc1nc2c(Cl)ccc(-c3nn(C)c(C(F)(F)F)c3Br)c2o1. The standard InChI is InChI=1S/C13H8BrClF3N3O/c1-5-19-10-7(15)4-3-6(11(10)22-5)9-8(14)12(13(16,17)18)21(2)20-9/h3-4H,1-2H3. The molecule has 0 aliphatic heterocycles. The van der Waals surface area contributed by atoms with E-state index >= 15 is 0 Å². The van der Waals surface area contributed by atoms with Crippen LogP contribution in [0, 0.1) is 6.92 Å². The van der Waals surface area contributed by atoms with Crippen LogP contribution in [-0.2, 0) is 13.2 Å². The summed E-state index contributed by atoms with van der Waals surface area (Å²) in [6.07, 6.45) is -4.53. The Kier molecular flexibility index (Phi) is 3.48. The van der Waals surface area contributed by atoms with Crippen molar-refractivity contribution in [2.45, 2.75) is 13.1 Å².